The molecule has 4 fully saturated rings. The molecule has 4 aliphatic rings. The highest BCUT2D eigenvalue weighted by atomic mass is 35.5. The van der Waals surface area contributed by atoms with Crippen molar-refractivity contribution in [3.05, 3.63) is 22.7 Å². The van der Waals surface area contributed by atoms with Gasteiger partial charge in [0.15, 0.2) is 5.13 Å². The lowest BCUT2D eigenvalue weighted by atomic mass is 9.36. The lowest BCUT2D eigenvalue weighted by Gasteiger charge is -2.68. The summed E-state index contributed by atoms with van der Waals surface area (Å²) in [7, 11) is 0. The van der Waals surface area contributed by atoms with E-state index in [4.69, 9.17) is 11.6 Å². The molecule has 144 valence electrons. The van der Waals surface area contributed by atoms with E-state index in [1.165, 1.54) is 19.3 Å². The minimum Gasteiger partial charge on any atom is -0.301 e. The first-order valence-electron chi connectivity index (χ1n) is 9.90. The van der Waals surface area contributed by atoms with Crippen molar-refractivity contribution >= 4 is 44.2 Å². The highest BCUT2D eigenvalue weighted by molar-refractivity contribution is 7.22. The van der Waals surface area contributed by atoms with Crippen molar-refractivity contribution in [3.63, 3.8) is 0 Å². The average Bonchev–Trinajstić information content (AvgIpc) is 2.83. The van der Waals surface area contributed by atoms with Crippen LogP contribution in [0.3, 0.4) is 0 Å². The summed E-state index contributed by atoms with van der Waals surface area (Å²) in [5.41, 5.74) is 2.57. The number of fused-ring (bicyclic) bond motifs is 1. The van der Waals surface area contributed by atoms with Crippen molar-refractivity contribution in [2.45, 2.75) is 66.2 Å². The van der Waals surface area contributed by atoms with E-state index in [1.807, 2.05) is 13.0 Å². The fraction of sp³-hybridized carbons (Fsp3) is 0.636. The van der Waals surface area contributed by atoms with Crippen LogP contribution >= 0.6 is 22.9 Å². The van der Waals surface area contributed by atoms with Crippen LogP contribution in [-0.4, -0.2) is 10.9 Å². The second kappa shape index (κ2) is 5.27. The smallest absolute Gasteiger partial charge is 0.232 e. The Morgan fingerprint density at radius 2 is 1.59 bits per heavy atom. The quantitative estimate of drug-likeness (QED) is 0.616. The molecule has 1 aromatic carbocycles. The van der Waals surface area contributed by atoms with Gasteiger partial charge in [-0.25, -0.2) is 4.98 Å². The van der Waals surface area contributed by atoms with Crippen LogP contribution in [0.2, 0.25) is 5.02 Å². The van der Waals surface area contributed by atoms with E-state index in [-0.39, 0.29) is 11.3 Å². The zero-order valence-corrected chi connectivity index (χ0v) is 18.1. The normalized spacial score (nSPS) is 39.9. The summed E-state index contributed by atoms with van der Waals surface area (Å²) in [4.78, 5) is 18.2. The van der Waals surface area contributed by atoms with Gasteiger partial charge in [0, 0.05) is 5.02 Å². The Bertz CT molecular complexity index is 888. The van der Waals surface area contributed by atoms with E-state index >= 15 is 0 Å². The number of carbonyl (C=O) groups excluding carboxylic acids is 1. The van der Waals surface area contributed by atoms with Crippen molar-refractivity contribution in [1.29, 1.82) is 0 Å². The first-order chi connectivity index (χ1) is 12.5. The van der Waals surface area contributed by atoms with Crippen LogP contribution in [0.5, 0.6) is 0 Å². The first-order valence-corrected chi connectivity index (χ1v) is 11.1. The summed E-state index contributed by atoms with van der Waals surface area (Å²) in [6.45, 7) is 9.22. The Morgan fingerprint density at radius 3 is 2.15 bits per heavy atom. The van der Waals surface area contributed by atoms with Crippen LogP contribution in [0.25, 0.3) is 10.2 Å². The molecule has 0 aliphatic heterocycles. The number of hydrogen-bond donors (Lipinski definition) is 1. The summed E-state index contributed by atoms with van der Waals surface area (Å²) in [6, 6.07) is 3.95. The molecule has 3 nitrogen and oxygen atoms in total. The van der Waals surface area contributed by atoms with E-state index in [0.29, 0.717) is 21.4 Å². The number of nitrogens with zero attached hydrogens (tertiary/aromatic N) is 1. The Balaban J connectivity index is 1.47. The third kappa shape index (κ3) is 2.74. The van der Waals surface area contributed by atoms with Crippen LogP contribution in [0.15, 0.2) is 12.1 Å². The molecule has 1 N–H and O–H groups in total. The van der Waals surface area contributed by atoms with Crippen LogP contribution < -0.4 is 5.32 Å². The van der Waals surface area contributed by atoms with Gasteiger partial charge in [0.1, 0.15) is 0 Å². The first kappa shape index (κ1) is 17.9. The van der Waals surface area contributed by atoms with Gasteiger partial charge in [-0.3, -0.25) is 4.79 Å². The van der Waals surface area contributed by atoms with E-state index in [1.54, 1.807) is 11.3 Å². The molecular weight excluding hydrogens is 376 g/mol. The fourth-order valence-corrected chi connectivity index (χ4v) is 8.96. The second-order valence-electron chi connectivity index (χ2n) is 10.8. The predicted molar refractivity (Wildman–Crippen MR) is 112 cm³/mol. The van der Waals surface area contributed by atoms with Gasteiger partial charge in [-0.2, -0.15) is 0 Å². The number of rotatable bonds is 2. The maximum absolute atomic E-state index is 13.5. The van der Waals surface area contributed by atoms with Gasteiger partial charge in [-0.1, -0.05) is 43.7 Å². The average molecular weight is 403 g/mol. The molecule has 27 heavy (non-hydrogen) atoms. The fourth-order valence-electron chi connectivity index (χ4n) is 7.87. The maximum Gasteiger partial charge on any atom is 0.232 e. The van der Waals surface area contributed by atoms with Crippen LogP contribution in [0.1, 0.15) is 64.9 Å². The van der Waals surface area contributed by atoms with E-state index in [2.05, 4.69) is 37.1 Å². The lowest BCUT2D eigenvalue weighted by Crippen LogP contribution is -2.62. The number of nitrogens with one attached hydrogen (secondary N) is 1. The van der Waals surface area contributed by atoms with Crippen LogP contribution in [-0.2, 0) is 4.79 Å². The lowest BCUT2D eigenvalue weighted by molar-refractivity contribution is -0.188. The molecule has 2 aromatic rings. The Hall–Kier alpha value is -1.13. The minimum atomic E-state index is -0.238. The summed E-state index contributed by atoms with van der Waals surface area (Å²) in [6.07, 6.45) is 6.86. The molecule has 0 spiro atoms. The minimum absolute atomic E-state index is 0.187. The largest absolute Gasteiger partial charge is 0.301 e. The molecule has 4 bridgehead atoms. The van der Waals surface area contributed by atoms with Crippen molar-refractivity contribution < 1.29 is 4.79 Å². The Kier molecular flexibility index (Phi) is 3.50. The monoisotopic (exact) mass is 402 g/mol. The molecule has 0 radical (unpaired) electrons. The number of benzene rings is 1. The van der Waals surface area contributed by atoms with Gasteiger partial charge >= 0.3 is 0 Å². The van der Waals surface area contributed by atoms with Crippen LogP contribution in [0.4, 0.5) is 5.13 Å². The molecule has 1 aromatic heterocycles. The molecule has 6 rings (SSSR count). The SMILES string of the molecule is Cc1cc2sc(NC(=O)C34CC5(C)CC(C)(CC(C)(C5)C3)C4)nc2cc1Cl. The molecule has 4 aliphatic carbocycles. The number of carbonyl (C=O) groups is 1. The van der Waals surface area contributed by atoms with E-state index in [0.717, 1.165) is 40.1 Å². The van der Waals surface area contributed by atoms with Crippen molar-refractivity contribution in [3.8, 4) is 0 Å². The molecule has 0 saturated heterocycles. The topological polar surface area (TPSA) is 42.0 Å². The molecule has 0 atom stereocenters. The zero-order valence-electron chi connectivity index (χ0n) is 16.5. The predicted octanol–water partition coefficient (Wildman–Crippen LogP) is 6.58. The van der Waals surface area contributed by atoms with Gasteiger partial charge < -0.3 is 5.32 Å². The molecular formula is C22H27ClN2OS. The number of aromatic nitrogens is 1. The van der Waals surface area contributed by atoms with E-state index in [9.17, 15) is 4.79 Å². The molecule has 0 unspecified atom stereocenters. The summed E-state index contributed by atoms with van der Waals surface area (Å²) >= 11 is 7.78. The second-order valence-corrected chi connectivity index (χ2v) is 12.3. The highest BCUT2D eigenvalue weighted by Crippen LogP contribution is 2.73. The molecule has 1 amide bonds. The molecule has 1 heterocycles. The summed E-state index contributed by atoms with van der Waals surface area (Å²) in [5, 5.41) is 4.63. The highest BCUT2D eigenvalue weighted by Gasteiger charge is 2.66. The number of anilines is 1. The number of amides is 1. The Morgan fingerprint density at radius 1 is 1.04 bits per heavy atom. The number of aryl methyl sites for hydroxylation is 1. The van der Waals surface area contributed by atoms with Crippen molar-refractivity contribution in [2.75, 3.05) is 5.32 Å². The summed E-state index contributed by atoms with van der Waals surface area (Å²) < 4.78 is 1.07. The summed E-state index contributed by atoms with van der Waals surface area (Å²) in [5.74, 6) is 0.187. The van der Waals surface area contributed by atoms with Crippen LogP contribution in [0, 0.1) is 28.6 Å². The molecule has 4 saturated carbocycles. The van der Waals surface area contributed by atoms with Gasteiger partial charge in [0.25, 0.3) is 0 Å². The van der Waals surface area contributed by atoms with Gasteiger partial charge in [-0.05, 0) is 79.4 Å². The Labute approximate surface area is 169 Å². The third-order valence-electron chi connectivity index (χ3n) is 7.23. The van der Waals surface area contributed by atoms with Gasteiger partial charge in [-0.15, -0.1) is 0 Å². The number of halogens is 1. The third-order valence-corrected chi connectivity index (χ3v) is 8.57. The standard InChI is InChI=1S/C22H27ClN2OS/c1-13-5-16-15(6-14(13)23)24-18(27-16)25-17(26)22-10-19(2)7-20(3,11-22)9-21(4,8-19)12-22/h5-6H,7-12H2,1-4H3,(H,24,25,26). The number of hydrogen-bond acceptors (Lipinski definition) is 3. The zero-order chi connectivity index (χ0) is 19.2. The number of thiazole rings is 1. The maximum atomic E-state index is 13.5. The van der Waals surface area contributed by atoms with Crippen molar-refractivity contribution in [2.24, 2.45) is 21.7 Å². The van der Waals surface area contributed by atoms with E-state index < -0.39 is 0 Å². The van der Waals surface area contributed by atoms with Gasteiger partial charge in [0.05, 0.1) is 15.6 Å². The molecule has 5 heteroatoms. The van der Waals surface area contributed by atoms with Crippen molar-refractivity contribution in [1.82, 2.24) is 4.98 Å². The van der Waals surface area contributed by atoms with Gasteiger partial charge in [0.2, 0.25) is 5.91 Å².